The van der Waals surface area contributed by atoms with E-state index in [-0.39, 0.29) is 5.78 Å². The number of Topliss-reactive ketones (excluding diaryl/α,β-unsaturated/α-hetero) is 1. The van der Waals surface area contributed by atoms with E-state index in [9.17, 15) is 14.4 Å². The number of aliphatic carboxylic acids is 1. The molecule has 0 saturated heterocycles. The second-order valence-corrected chi connectivity index (χ2v) is 6.37. The number of nitrogens with one attached hydrogen (secondary N) is 1. The van der Waals surface area contributed by atoms with E-state index in [4.69, 9.17) is 5.11 Å². The molecule has 1 aromatic heterocycles. The van der Waals surface area contributed by atoms with Gasteiger partial charge >= 0.3 is 5.97 Å². The summed E-state index contributed by atoms with van der Waals surface area (Å²) in [5.41, 5.74) is 0.540. The highest BCUT2D eigenvalue weighted by atomic mass is 32.2. The summed E-state index contributed by atoms with van der Waals surface area (Å²) in [5.74, 6) is -1.33. The number of anilines is 1. The Morgan fingerprint density at radius 2 is 2.00 bits per heavy atom. The summed E-state index contributed by atoms with van der Waals surface area (Å²) >= 11 is 2.79. The molecule has 0 fully saturated rings. The van der Waals surface area contributed by atoms with Gasteiger partial charge in [-0.2, -0.15) is 0 Å². The van der Waals surface area contributed by atoms with Crippen LogP contribution < -0.4 is 5.32 Å². The highest BCUT2D eigenvalue weighted by molar-refractivity contribution is 8.00. The predicted octanol–water partition coefficient (Wildman–Crippen LogP) is 3.30. The third-order valence-corrected chi connectivity index (χ3v) is 4.55. The quantitative estimate of drug-likeness (QED) is 0.456. The van der Waals surface area contributed by atoms with Gasteiger partial charge in [-0.1, -0.05) is 12.1 Å². The Balaban J connectivity index is 1.93. The van der Waals surface area contributed by atoms with Crippen LogP contribution in [0.5, 0.6) is 0 Å². The largest absolute Gasteiger partial charge is 0.478 e. The molecule has 0 saturated carbocycles. The number of amides is 1. The first-order valence-electron chi connectivity index (χ1n) is 6.56. The van der Waals surface area contributed by atoms with E-state index in [1.54, 1.807) is 24.3 Å². The molecule has 1 aromatic carbocycles. The summed E-state index contributed by atoms with van der Waals surface area (Å²) in [6, 6.07) is 10.7. The van der Waals surface area contributed by atoms with Crippen molar-refractivity contribution in [1.82, 2.24) is 0 Å². The minimum atomic E-state index is -1.18. The van der Waals surface area contributed by atoms with Gasteiger partial charge in [0.2, 0.25) is 5.91 Å². The lowest BCUT2D eigenvalue weighted by atomic mass is 10.3. The van der Waals surface area contributed by atoms with E-state index < -0.39 is 11.9 Å². The summed E-state index contributed by atoms with van der Waals surface area (Å²) < 4.78 is 0. The third kappa shape index (κ3) is 5.72. The molecule has 0 aliphatic heterocycles. The second kappa shape index (κ2) is 8.30. The minimum Gasteiger partial charge on any atom is -0.478 e. The first-order valence-corrected chi connectivity index (χ1v) is 8.42. The van der Waals surface area contributed by atoms with Crippen molar-refractivity contribution in [1.29, 1.82) is 0 Å². The standard InChI is InChI=1S/C16H13NO4S2/c18-13(14-5-2-8-22-14)10-23-12-4-1-3-11(9-12)17-15(19)6-7-16(20)21/h1-9H,10H2,(H,17,19)(H,20,21)/b7-6+. The van der Waals surface area contributed by atoms with Crippen LogP contribution in [0.1, 0.15) is 9.67 Å². The van der Waals surface area contributed by atoms with Gasteiger partial charge in [0.15, 0.2) is 5.78 Å². The van der Waals surface area contributed by atoms with E-state index >= 15 is 0 Å². The van der Waals surface area contributed by atoms with Gasteiger partial charge in [-0.15, -0.1) is 23.1 Å². The van der Waals surface area contributed by atoms with Crippen molar-refractivity contribution in [3.63, 3.8) is 0 Å². The molecule has 0 bridgehead atoms. The number of thiophene rings is 1. The zero-order valence-corrected chi connectivity index (χ0v) is 13.5. The molecule has 0 radical (unpaired) electrons. The van der Waals surface area contributed by atoms with Gasteiger partial charge in [-0.25, -0.2) is 4.79 Å². The molecule has 1 amide bonds. The fraction of sp³-hybridized carbons (Fsp3) is 0.0625. The van der Waals surface area contributed by atoms with Crippen LogP contribution in [0.3, 0.4) is 0 Å². The van der Waals surface area contributed by atoms with Gasteiger partial charge in [-0.3, -0.25) is 9.59 Å². The van der Waals surface area contributed by atoms with Gasteiger partial charge in [0.1, 0.15) is 0 Å². The number of ketones is 1. The zero-order chi connectivity index (χ0) is 16.7. The maximum atomic E-state index is 11.9. The van der Waals surface area contributed by atoms with Crippen LogP contribution in [-0.2, 0) is 9.59 Å². The molecule has 0 aliphatic rings. The molecular formula is C16H13NO4S2. The van der Waals surface area contributed by atoms with E-state index in [0.717, 1.165) is 21.9 Å². The van der Waals surface area contributed by atoms with Gasteiger partial charge in [0, 0.05) is 22.7 Å². The lowest BCUT2D eigenvalue weighted by molar-refractivity contribution is -0.131. The Kier molecular flexibility index (Phi) is 6.13. The fourth-order valence-corrected chi connectivity index (χ4v) is 3.25. The average Bonchev–Trinajstić information content (AvgIpc) is 3.05. The lowest BCUT2D eigenvalue weighted by Crippen LogP contribution is -2.08. The van der Waals surface area contributed by atoms with Crippen LogP contribution in [0, 0.1) is 0 Å². The number of carboxylic acid groups (broad SMARTS) is 1. The average molecular weight is 347 g/mol. The number of hydrogen-bond donors (Lipinski definition) is 2. The molecule has 0 atom stereocenters. The highest BCUT2D eigenvalue weighted by Crippen LogP contribution is 2.23. The molecule has 2 aromatic rings. The number of thioether (sulfide) groups is 1. The van der Waals surface area contributed by atoms with Crippen molar-refractivity contribution in [2.75, 3.05) is 11.1 Å². The third-order valence-electron chi connectivity index (χ3n) is 2.64. The molecule has 0 aliphatic carbocycles. The minimum absolute atomic E-state index is 0.0591. The van der Waals surface area contributed by atoms with E-state index in [2.05, 4.69) is 5.32 Å². The van der Waals surface area contributed by atoms with Gasteiger partial charge < -0.3 is 10.4 Å². The number of benzene rings is 1. The molecule has 0 unspecified atom stereocenters. The van der Waals surface area contributed by atoms with Crippen molar-refractivity contribution < 1.29 is 19.5 Å². The number of carboxylic acids is 1. The SMILES string of the molecule is O=C(O)/C=C/C(=O)Nc1cccc(SCC(=O)c2cccs2)c1. The predicted molar refractivity (Wildman–Crippen MR) is 91.2 cm³/mol. The molecule has 2 N–H and O–H groups in total. The zero-order valence-electron chi connectivity index (χ0n) is 11.9. The van der Waals surface area contributed by atoms with Crippen LogP contribution in [0.25, 0.3) is 0 Å². The molecule has 118 valence electrons. The van der Waals surface area contributed by atoms with Crippen LogP contribution in [0.2, 0.25) is 0 Å². The van der Waals surface area contributed by atoms with Crippen molar-refractivity contribution >= 4 is 46.4 Å². The molecule has 7 heteroatoms. The lowest BCUT2D eigenvalue weighted by Gasteiger charge is -2.05. The number of rotatable bonds is 7. The van der Waals surface area contributed by atoms with Gasteiger partial charge in [0.25, 0.3) is 0 Å². The maximum Gasteiger partial charge on any atom is 0.328 e. The Bertz CT molecular complexity index is 738. The Hall–Kier alpha value is -2.38. The van der Waals surface area contributed by atoms with Crippen LogP contribution in [-0.4, -0.2) is 28.5 Å². The first kappa shape index (κ1) is 17.0. The summed E-state index contributed by atoms with van der Waals surface area (Å²) in [6.45, 7) is 0. The van der Waals surface area contributed by atoms with Crippen molar-refractivity contribution in [3.8, 4) is 0 Å². The summed E-state index contributed by atoms with van der Waals surface area (Å²) in [4.78, 5) is 35.4. The van der Waals surface area contributed by atoms with E-state index in [1.807, 2.05) is 17.5 Å². The normalized spacial score (nSPS) is 10.6. The smallest absolute Gasteiger partial charge is 0.328 e. The summed E-state index contributed by atoms with van der Waals surface area (Å²) in [5, 5.41) is 12.9. The molecular weight excluding hydrogens is 334 g/mol. The Morgan fingerprint density at radius 1 is 1.17 bits per heavy atom. The summed E-state index contributed by atoms with van der Waals surface area (Å²) in [6.07, 6.45) is 1.72. The second-order valence-electron chi connectivity index (χ2n) is 4.38. The fourth-order valence-electron chi connectivity index (χ4n) is 1.65. The van der Waals surface area contributed by atoms with E-state index in [0.29, 0.717) is 11.4 Å². The molecule has 1 heterocycles. The Morgan fingerprint density at radius 3 is 2.70 bits per heavy atom. The molecule has 0 spiro atoms. The molecule has 23 heavy (non-hydrogen) atoms. The number of carbonyl (C=O) groups is 3. The van der Waals surface area contributed by atoms with Gasteiger partial charge in [0.05, 0.1) is 10.6 Å². The highest BCUT2D eigenvalue weighted by Gasteiger charge is 2.08. The van der Waals surface area contributed by atoms with Gasteiger partial charge in [-0.05, 0) is 29.6 Å². The van der Waals surface area contributed by atoms with E-state index in [1.165, 1.54) is 23.1 Å². The van der Waals surface area contributed by atoms with Crippen LogP contribution in [0.4, 0.5) is 5.69 Å². The summed E-state index contributed by atoms with van der Waals surface area (Å²) in [7, 11) is 0. The number of hydrogen-bond acceptors (Lipinski definition) is 5. The monoisotopic (exact) mass is 347 g/mol. The van der Waals surface area contributed by atoms with Crippen molar-refractivity contribution in [3.05, 3.63) is 58.8 Å². The van der Waals surface area contributed by atoms with Crippen molar-refractivity contribution in [2.24, 2.45) is 0 Å². The Labute approximate surface area is 141 Å². The molecule has 5 nitrogen and oxygen atoms in total. The van der Waals surface area contributed by atoms with Crippen LogP contribution >= 0.6 is 23.1 Å². The first-order chi connectivity index (χ1) is 11.0. The topological polar surface area (TPSA) is 83.5 Å². The molecule has 2 rings (SSSR count). The van der Waals surface area contributed by atoms with Crippen LogP contribution in [0.15, 0.2) is 58.8 Å². The number of carbonyl (C=O) groups excluding carboxylic acids is 2. The van der Waals surface area contributed by atoms with Crippen molar-refractivity contribution in [2.45, 2.75) is 4.90 Å². The maximum absolute atomic E-state index is 11.9.